The van der Waals surface area contributed by atoms with Crippen LogP contribution < -0.4 is 5.56 Å². The molecule has 1 aromatic heterocycles. The van der Waals surface area contributed by atoms with Crippen molar-refractivity contribution in [2.45, 2.75) is 6.54 Å². The highest BCUT2D eigenvalue weighted by atomic mass is 35.5. The Labute approximate surface area is 161 Å². The molecule has 1 amide bonds. The molecule has 27 heavy (non-hydrogen) atoms. The predicted octanol–water partition coefficient (Wildman–Crippen LogP) is 2.73. The van der Waals surface area contributed by atoms with Gasteiger partial charge in [-0.25, -0.2) is 4.98 Å². The van der Waals surface area contributed by atoms with E-state index < -0.39 is 11.5 Å². The molecule has 3 rings (SSSR count). The lowest BCUT2D eigenvalue weighted by Crippen LogP contribution is -2.36. The van der Waals surface area contributed by atoms with Gasteiger partial charge in [0.25, 0.3) is 11.5 Å². The number of carbonyl (C=O) groups is 1. The molecule has 6 nitrogen and oxygen atoms in total. The summed E-state index contributed by atoms with van der Waals surface area (Å²) in [7, 11) is 0. The summed E-state index contributed by atoms with van der Waals surface area (Å²) < 4.78 is 0. The molecule has 0 atom stereocenters. The Bertz CT molecular complexity index is 989. The minimum Gasteiger partial charge on any atom is -0.395 e. The molecule has 0 fully saturated rings. The third-order valence-corrected chi connectivity index (χ3v) is 4.42. The summed E-state index contributed by atoms with van der Waals surface area (Å²) in [6, 6.07) is 16.3. The Morgan fingerprint density at radius 1 is 1.11 bits per heavy atom. The number of benzene rings is 2. The molecule has 7 heteroatoms. The van der Waals surface area contributed by atoms with Gasteiger partial charge in [-0.3, -0.25) is 9.59 Å². The number of aromatic nitrogens is 2. The van der Waals surface area contributed by atoms with Crippen LogP contribution >= 0.6 is 11.6 Å². The first-order valence-corrected chi connectivity index (χ1v) is 8.76. The van der Waals surface area contributed by atoms with E-state index in [0.29, 0.717) is 10.8 Å². The highest BCUT2D eigenvalue weighted by Crippen LogP contribution is 2.18. The molecule has 0 saturated carbocycles. The van der Waals surface area contributed by atoms with Gasteiger partial charge >= 0.3 is 0 Å². The largest absolute Gasteiger partial charge is 0.395 e. The van der Waals surface area contributed by atoms with E-state index in [0.717, 1.165) is 11.1 Å². The molecule has 0 aliphatic heterocycles. The van der Waals surface area contributed by atoms with E-state index in [1.807, 2.05) is 36.4 Å². The molecule has 0 aliphatic rings. The lowest BCUT2D eigenvalue weighted by molar-refractivity contribution is 0.0705. The van der Waals surface area contributed by atoms with Crippen LogP contribution in [0.3, 0.4) is 0 Å². The molecule has 0 aliphatic carbocycles. The van der Waals surface area contributed by atoms with Gasteiger partial charge in [0.15, 0.2) is 0 Å². The standard InChI is InChI=1S/C20H18ClN3O3/c21-17-9-5-4-8-15(17)13-24(10-11-25)20(27)16-12-22-18(23-19(16)26)14-6-2-1-3-7-14/h1-9,12,25H,10-11,13H2,(H,22,23,26). The number of aliphatic hydroxyl groups excluding tert-OH is 1. The number of halogens is 1. The summed E-state index contributed by atoms with van der Waals surface area (Å²) in [6.45, 7) is 0.0203. The Kier molecular flexibility index (Phi) is 6.01. The highest BCUT2D eigenvalue weighted by Gasteiger charge is 2.20. The Balaban J connectivity index is 1.88. The van der Waals surface area contributed by atoms with Crippen LogP contribution in [-0.2, 0) is 6.54 Å². The van der Waals surface area contributed by atoms with Crippen molar-refractivity contribution in [3.05, 3.63) is 87.3 Å². The molecular formula is C20H18ClN3O3. The van der Waals surface area contributed by atoms with Gasteiger partial charge in [0.2, 0.25) is 0 Å². The summed E-state index contributed by atoms with van der Waals surface area (Å²) in [5, 5.41) is 9.83. The first kappa shape index (κ1) is 18.8. The molecular weight excluding hydrogens is 366 g/mol. The van der Waals surface area contributed by atoms with Crippen LogP contribution in [0.1, 0.15) is 15.9 Å². The van der Waals surface area contributed by atoms with E-state index in [1.54, 1.807) is 18.2 Å². The average Bonchev–Trinajstić information content (AvgIpc) is 2.69. The fourth-order valence-electron chi connectivity index (χ4n) is 2.67. The van der Waals surface area contributed by atoms with Crippen LogP contribution in [-0.4, -0.2) is 39.0 Å². The van der Waals surface area contributed by atoms with E-state index in [9.17, 15) is 14.7 Å². The van der Waals surface area contributed by atoms with Crippen molar-refractivity contribution in [3.63, 3.8) is 0 Å². The van der Waals surface area contributed by atoms with Crippen LogP contribution in [0.15, 0.2) is 65.6 Å². The second-order valence-corrected chi connectivity index (χ2v) is 6.29. The maximum atomic E-state index is 12.8. The van der Waals surface area contributed by atoms with Crippen molar-refractivity contribution in [2.24, 2.45) is 0 Å². The van der Waals surface area contributed by atoms with Crippen molar-refractivity contribution in [3.8, 4) is 11.4 Å². The maximum Gasteiger partial charge on any atom is 0.264 e. The number of hydrogen-bond donors (Lipinski definition) is 2. The quantitative estimate of drug-likeness (QED) is 0.685. The summed E-state index contributed by atoms with van der Waals surface area (Å²) in [6.07, 6.45) is 1.26. The third kappa shape index (κ3) is 4.42. The highest BCUT2D eigenvalue weighted by molar-refractivity contribution is 6.31. The zero-order chi connectivity index (χ0) is 19.2. The third-order valence-electron chi connectivity index (χ3n) is 4.05. The molecule has 3 aromatic rings. The molecule has 0 bridgehead atoms. The number of H-pyrrole nitrogens is 1. The molecule has 0 saturated heterocycles. The van der Waals surface area contributed by atoms with Crippen LogP contribution in [0, 0.1) is 0 Å². The molecule has 0 unspecified atom stereocenters. The fourth-order valence-corrected chi connectivity index (χ4v) is 2.86. The second kappa shape index (κ2) is 8.62. The number of aromatic amines is 1. The molecule has 0 spiro atoms. The van der Waals surface area contributed by atoms with Crippen LogP contribution in [0.2, 0.25) is 5.02 Å². The summed E-state index contributed by atoms with van der Waals surface area (Å²) in [5.74, 6) is -0.130. The van der Waals surface area contributed by atoms with Crippen molar-refractivity contribution in [2.75, 3.05) is 13.2 Å². The SMILES string of the molecule is O=C(c1cnc(-c2ccccc2)[nH]c1=O)N(CCO)Cc1ccccc1Cl. The topological polar surface area (TPSA) is 86.3 Å². The van der Waals surface area contributed by atoms with E-state index in [4.69, 9.17) is 11.6 Å². The molecule has 2 aromatic carbocycles. The van der Waals surface area contributed by atoms with Gasteiger partial charge in [-0.05, 0) is 11.6 Å². The van der Waals surface area contributed by atoms with Crippen LogP contribution in [0.5, 0.6) is 0 Å². The summed E-state index contributed by atoms with van der Waals surface area (Å²) in [5.41, 5.74) is 0.856. The van der Waals surface area contributed by atoms with Gasteiger partial charge in [-0.2, -0.15) is 0 Å². The summed E-state index contributed by atoms with van der Waals surface area (Å²) in [4.78, 5) is 33.5. The first-order chi connectivity index (χ1) is 13.1. The molecule has 138 valence electrons. The number of aliphatic hydroxyl groups is 1. The van der Waals surface area contributed by atoms with Crippen molar-refractivity contribution in [1.82, 2.24) is 14.9 Å². The van der Waals surface area contributed by atoms with E-state index in [-0.39, 0.29) is 25.3 Å². The number of nitrogens with one attached hydrogen (secondary N) is 1. The van der Waals surface area contributed by atoms with E-state index in [1.165, 1.54) is 11.1 Å². The number of rotatable bonds is 6. The van der Waals surface area contributed by atoms with Gasteiger partial charge in [0.1, 0.15) is 11.4 Å². The maximum absolute atomic E-state index is 12.8. The van der Waals surface area contributed by atoms with Crippen molar-refractivity contribution in [1.29, 1.82) is 0 Å². The van der Waals surface area contributed by atoms with Gasteiger partial charge in [0.05, 0.1) is 6.61 Å². The van der Waals surface area contributed by atoms with Crippen LogP contribution in [0.4, 0.5) is 0 Å². The molecule has 2 N–H and O–H groups in total. The Morgan fingerprint density at radius 3 is 2.48 bits per heavy atom. The van der Waals surface area contributed by atoms with Gasteiger partial charge in [-0.15, -0.1) is 0 Å². The second-order valence-electron chi connectivity index (χ2n) is 5.88. The van der Waals surface area contributed by atoms with Gasteiger partial charge in [0, 0.05) is 29.9 Å². The monoisotopic (exact) mass is 383 g/mol. The Hall–Kier alpha value is -2.96. The fraction of sp³-hybridized carbons (Fsp3) is 0.150. The zero-order valence-electron chi connectivity index (χ0n) is 14.4. The van der Waals surface area contributed by atoms with Gasteiger partial charge in [-0.1, -0.05) is 60.1 Å². The minimum absolute atomic E-state index is 0.0733. The lowest BCUT2D eigenvalue weighted by Gasteiger charge is -2.22. The number of nitrogens with zero attached hydrogens (tertiary/aromatic N) is 2. The normalized spacial score (nSPS) is 10.6. The van der Waals surface area contributed by atoms with Crippen molar-refractivity contribution >= 4 is 17.5 Å². The molecule has 1 heterocycles. The number of amides is 1. The zero-order valence-corrected chi connectivity index (χ0v) is 15.2. The molecule has 0 radical (unpaired) electrons. The van der Waals surface area contributed by atoms with Crippen LogP contribution in [0.25, 0.3) is 11.4 Å². The lowest BCUT2D eigenvalue weighted by atomic mass is 10.2. The number of hydrogen-bond acceptors (Lipinski definition) is 4. The number of carbonyl (C=O) groups excluding carboxylic acids is 1. The smallest absolute Gasteiger partial charge is 0.264 e. The van der Waals surface area contributed by atoms with Crippen molar-refractivity contribution < 1.29 is 9.90 Å². The van der Waals surface area contributed by atoms with Gasteiger partial charge < -0.3 is 15.0 Å². The summed E-state index contributed by atoms with van der Waals surface area (Å²) >= 11 is 6.16. The predicted molar refractivity (Wildman–Crippen MR) is 104 cm³/mol. The first-order valence-electron chi connectivity index (χ1n) is 8.38. The van der Waals surface area contributed by atoms with E-state index in [2.05, 4.69) is 9.97 Å². The van der Waals surface area contributed by atoms with E-state index >= 15 is 0 Å². The minimum atomic E-state index is -0.532. The Morgan fingerprint density at radius 2 is 1.81 bits per heavy atom. The average molecular weight is 384 g/mol.